The molecule has 0 bridgehead atoms. The Bertz CT molecular complexity index is 348. The van der Waals surface area contributed by atoms with E-state index in [-0.39, 0.29) is 0 Å². The van der Waals surface area contributed by atoms with E-state index in [0.29, 0.717) is 0 Å². The largest absolute Gasteiger partial charge is 0.299 e. The van der Waals surface area contributed by atoms with Crippen LogP contribution in [0.25, 0.3) is 6.08 Å². The summed E-state index contributed by atoms with van der Waals surface area (Å²) >= 11 is 0. The second kappa shape index (κ2) is 4.23. The molecule has 0 radical (unpaired) electrons. The molecule has 1 aromatic rings. The molecule has 0 aliphatic heterocycles. The summed E-state index contributed by atoms with van der Waals surface area (Å²) in [6.07, 6.45) is 8.21. The first-order chi connectivity index (χ1) is 6.90. The van der Waals surface area contributed by atoms with Crippen molar-refractivity contribution < 1.29 is 4.79 Å². The minimum absolute atomic E-state index is 0.764. The number of allylic oxidation sites excluding steroid dienone is 1. The van der Waals surface area contributed by atoms with E-state index >= 15 is 0 Å². The summed E-state index contributed by atoms with van der Waals surface area (Å²) in [7, 11) is 0. The molecule has 1 saturated carbocycles. The zero-order chi connectivity index (χ0) is 9.80. The molecule has 0 heterocycles. The SMILES string of the molecule is O=C/C=C/c1cccc(C2CCC2)c1. The van der Waals surface area contributed by atoms with Gasteiger partial charge in [0.25, 0.3) is 0 Å². The second-order valence-corrected chi connectivity index (χ2v) is 3.79. The first-order valence-electron chi connectivity index (χ1n) is 5.12. The van der Waals surface area contributed by atoms with Crippen LogP contribution >= 0.6 is 0 Å². The summed E-state index contributed by atoms with van der Waals surface area (Å²) < 4.78 is 0. The lowest BCUT2D eigenvalue weighted by Gasteiger charge is -2.25. The molecule has 1 aliphatic rings. The van der Waals surface area contributed by atoms with Gasteiger partial charge in [-0.1, -0.05) is 36.8 Å². The van der Waals surface area contributed by atoms with E-state index in [2.05, 4.69) is 18.2 Å². The molecule has 0 saturated heterocycles. The Balaban J connectivity index is 2.17. The Morgan fingerprint density at radius 2 is 2.14 bits per heavy atom. The summed E-state index contributed by atoms with van der Waals surface area (Å²) in [6, 6.07) is 8.46. The summed E-state index contributed by atoms with van der Waals surface area (Å²) in [5.41, 5.74) is 2.55. The number of hydrogen-bond acceptors (Lipinski definition) is 1. The van der Waals surface area contributed by atoms with Gasteiger partial charge in [-0.05, 0) is 36.0 Å². The fraction of sp³-hybridized carbons (Fsp3) is 0.308. The normalized spacial score (nSPS) is 16.9. The second-order valence-electron chi connectivity index (χ2n) is 3.79. The molecule has 1 aliphatic carbocycles. The van der Waals surface area contributed by atoms with Crippen LogP contribution in [0.5, 0.6) is 0 Å². The van der Waals surface area contributed by atoms with E-state index in [1.54, 1.807) is 6.08 Å². The predicted octanol–water partition coefficient (Wildman–Crippen LogP) is 3.17. The molecule has 0 unspecified atom stereocenters. The van der Waals surface area contributed by atoms with Gasteiger partial charge < -0.3 is 0 Å². The van der Waals surface area contributed by atoms with Crippen LogP contribution in [0.15, 0.2) is 30.3 Å². The first-order valence-corrected chi connectivity index (χ1v) is 5.12. The van der Waals surface area contributed by atoms with Gasteiger partial charge >= 0.3 is 0 Å². The van der Waals surface area contributed by atoms with Gasteiger partial charge in [0.15, 0.2) is 0 Å². The number of carbonyl (C=O) groups is 1. The van der Waals surface area contributed by atoms with E-state index < -0.39 is 0 Å². The predicted molar refractivity (Wildman–Crippen MR) is 58.1 cm³/mol. The average molecular weight is 186 g/mol. The van der Waals surface area contributed by atoms with Gasteiger partial charge in [-0.2, -0.15) is 0 Å². The molecule has 0 N–H and O–H groups in total. The van der Waals surface area contributed by atoms with Crippen molar-refractivity contribution in [3.8, 4) is 0 Å². The monoisotopic (exact) mass is 186 g/mol. The lowest BCUT2D eigenvalue weighted by atomic mass is 9.80. The zero-order valence-electron chi connectivity index (χ0n) is 8.15. The Kier molecular flexibility index (Phi) is 2.78. The van der Waals surface area contributed by atoms with Gasteiger partial charge in [0, 0.05) is 0 Å². The summed E-state index contributed by atoms with van der Waals surface area (Å²) in [5, 5.41) is 0. The molecular formula is C13H14O. The van der Waals surface area contributed by atoms with E-state index in [0.717, 1.165) is 17.8 Å². The molecule has 0 atom stereocenters. The van der Waals surface area contributed by atoms with Crippen molar-refractivity contribution in [1.29, 1.82) is 0 Å². The number of rotatable bonds is 3. The fourth-order valence-electron chi connectivity index (χ4n) is 1.81. The molecule has 2 rings (SSSR count). The quantitative estimate of drug-likeness (QED) is 0.523. The molecule has 0 spiro atoms. The molecule has 1 nitrogen and oxygen atoms in total. The smallest absolute Gasteiger partial charge is 0.142 e. The van der Waals surface area contributed by atoms with Gasteiger partial charge in [0.1, 0.15) is 6.29 Å². The third-order valence-corrected chi connectivity index (χ3v) is 2.85. The van der Waals surface area contributed by atoms with Gasteiger partial charge in [-0.15, -0.1) is 0 Å². The summed E-state index contributed by atoms with van der Waals surface area (Å²) in [6.45, 7) is 0. The third kappa shape index (κ3) is 1.92. The molecule has 0 aromatic heterocycles. The number of aldehydes is 1. The van der Waals surface area contributed by atoms with Gasteiger partial charge in [-0.3, -0.25) is 4.79 Å². The van der Waals surface area contributed by atoms with Gasteiger partial charge in [-0.25, -0.2) is 0 Å². The number of carbonyl (C=O) groups excluding carboxylic acids is 1. The van der Waals surface area contributed by atoms with Crippen molar-refractivity contribution in [2.45, 2.75) is 25.2 Å². The van der Waals surface area contributed by atoms with Gasteiger partial charge in [0.2, 0.25) is 0 Å². The number of hydrogen-bond donors (Lipinski definition) is 0. The Morgan fingerprint density at radius 1 is 1.29 bits per heavy atom. The maximum atomic E-state index is 10.2. The third-order valence-electron chi connectivity index (χ3n) is 2.85. The Labute approximate surface area is 84.5 Å². The summed E-state index contributed by atoms with van der Waals surface area (Å²) in [5.74, 6) is 0.764. The van der Waals surface area contributed by atoms with Crippen LogP contribution < -0.4 is 0 Å². The summed E-state index contributed by atoms with van der Waals surface area (Å²) in [4.78, 5) is 10.2. The standard InChI is InChI=1S/C13H14O/c14-9-3-5-11-4-1-8-13(10-11)12-6-2-7-12/h1,3-5,8-10,12H,2,6-7H2/b5-3+. The van der Waals surface area contributed by atoms with Crippen LogP contribution in [0.4, 0.5) is 0 Å². The van der Waals surface area contributed by atoms with Crippen LogP contribution in [-0.4, -0.2) is 6.29 Å². The van der Waals surface area contributed by atoms with Crippen LogP contribution in [-0.2, 0) is 4.79 Å². The highest BCUT2D eigenvalue weighted by molar-refractivity contribution is 5.73. The fourth-order valence-corrected chi connectivity index (χ4v) is 1.81. The van der Waals surface area contributed by atoms with E-state index in [1.165, 1.54) is 24.8 Å². The topological polar surface area (TPSA) is 17.1 Å². The van der Waals surface area contributed by atoms with Crippen molar-refractivity contribution in [2.24, 2.45) is 0 Å². The highest BCUT2D eigenvalue weighted by Crippen LogP contribution is 2.36. The van der Waals surface area contributed by atoms with Crippen molar-refractivity contribution in [1.82, 2.24) is 0 Å². The first kappa shape index (κ1) is 9.20. The minimum atomic E-state index is 0.764. The van der Waals surface area contributed by atoms with Crippen molar-refractivity contribution in [3.05, 3.63) is 41.5 Å². The maximum Gasteiger partial charge on any atom is 0.142 e. The zero-order valence-corrected chi connectivity index (χ0v) is 8.15. The molecule has 72 valence electrons. The van der Waals surface area contributed by atoms with Gasteiger partial charge in [0.05, 0.1) is 0 Å². The van der Waals surface area contributed by atoms with Crippen LogP contribution in [0, 0.1) is 0 Å². The molecule has 0 amide bonds. The lowest BCUT2D eigenvalue weighted by Crippen LogP contribution is -2.08. The maximum absolute atomic E-state index is 10.2. The Hall–Kier alpha value is -1.37. The molecular weight excluding hydrogens is 172 g/mol. The van der Waals surface area contributed by atoms with Crippen molar-refractivity contribution in [2.75, 3.05) is 0 Å². The van der Waals surface area contributed by atoms with Crippen molar-refractivity contribution in [3.63, 3.8) is 0 Å². The average Bonchev–Trinajstić information content (AvgIpc) is 2.13. The minimum Gasteiger partial charge on any atom is -0.299 e. The van der Waals surface area contributed by atoms with Crippen LogP contribution in [0.3, 0.4) is 0 Å². The lowest BCUT2D eigenvalue weighted by molar-refractivity contribution is -0.104. The van der Waals surface area contributed by atoms with Crippen molar-refractivity contribution >= 4 is 12.4 Å². The molecule has 14 heavy (non-hydrogen) atoms. The van der Waals surface area contributed by atoms with E-state index in [9.17, 15) is 4.79 Å². The number of benzene rings is 1. The highest BCUT2D eigenvalue weighted by Gasteiger charge is 2.18. The van der Waals surface area contributed by atoms with E-state index in [1.807, 2.05) is 12.1 Å². The Morgan fingerprint density at radius 3 is 2.79 bits per heavy atom. The van der Waals surface area contributed by atoms with E-state index in [4.69, 9.17) is 0 Å². The highest BCUT2D eigenvalue weighted by atomic mass is 16.1. The van der Waals surface area contributed by atoms with Crippen LogP contribution in [0.2, 0.25) is 0 Å². The molecule has 1 aromatic carbocycles. The molecule has 1 fully saturated rings. The molecule has 1 heteroatoms. The van der Waals surface area contributed by atoms with Crippen LogP contribution in [0.1, 0.15) is 36.3 Å².